The molecule has 120 valence electrons. The van der Waals surface area contributed by atoms with Crippen LogP contribution in [-0.2, 0) is 18.0 Å². The number of hydrogen-bond acceptors (Lipinski definition) is 3. The summed E-state index contributed by atoms with van der Waals surface area (Å²) in [5, 5.41) is 1.44. The normalized spacial score (nSPS) is 11.7. The predicted molar refractivity (Wildman–Crippen MR) is 93.7 cm³/mol. The average Bonchev–Trinajstić information content (AvgIpc) is 2.50. The average molecular weight is 331 g/mol. The molecule has 2 heterocycles. The second-order valence-electron chi connectivity index (χ2n) is 5.02. The summed E-state index contributed by atoms with van der Waals surface area (Å²) in [5.74, 6) is 0. The molecule has 0 aliphatic carbocycles. The number of aromatic nitrogens is 2. The maximum Gasteiger partial charge on any atom is 0.259 e. The van der Waals surface area contributed by atoms with Crippen LogP contribution < -0.4 is 10.3 Å². The van der Waals surface area contributed by atoms with Crippen LogP contribution in [0, 0.1) is 0 Å². The highest BCUT2D eigenvalue weighted by atomic mass is 32.2. The Morgan fingerprint density at radius 1 is 1.22 bits per heavy atom. The third kappa shape index (κ3) is 3.30. The van der Waals surface area contributed by atoms with Crippen LogP contribution in [0.5, 0.6) is 0 Å². The second-order valence-corrected chi connectivity index (χ2v) is 6.13. The molecule has 2 aromatic heterocycles. The Morgan fingerprint density at radius 3 is 2.74 bits per heavy atom. The summed E-state index contributed by atoms with van der Waals surface area (Å²) in [4.78, 5) is 16.2. The maximum atomic E-state index is 12.2. The van der Waals surface area contributed by atoms with Crippen LogP contribution in [0.3, 0.4) is 0 Å². The van der Waals surface area contributed by atoms with Gasteiger partial charge in [-0.25, -0.2) is 4.21 Å². The van der Waals surface area contributed by atoms with Crippen LogP contribution in [0.4, 0.5) is 5.69 Å². The van der Waals surface area contributed by atoms with Gasteiger partial charge in [-0.2, -0.15) is 0 Å². The van der Waals surface area contributed by atoms with E-state index in [-0.39, 0.29) is 11.0 Å². The number of aryl methyl sites for hydroxylation is 1. The van der Waals surface area contributed by atoms with Gasteiger partial charge in [-0.1, -0.05) is 12.1 Å². The Bertz CT molecular complexity index is 937. The summed E-state index contributed by atoms with van der Waals surface area (Å²) < 4.78 is 15.8. The van der Waals surface area contributed by atoms with Gasteiger partial charge in [0, 0.05) is 43.1 Å². The molecule has 0 radical (unpaired) electrons. The van der Waals surface area contributed by atoms with Crippen molar-refractivity contribution in [2.75, 3.05) is 11.0 Å². The van der Waals surface area contributed by atoms with Crippen molar-refractivity contribution >= 4 is 27.4 Å². The summed E-state index contributed by atoms with van der Waals surface area (Å²) in [7, 11) is 0.592. The fraction of sp³-hybridized carbons (Fsp3) is 0.125. The monoisotopic (exact) mass is 331 g/mol. The van der Waals surface area contributed by atoms with E-state index in [9.17, 15) is 9.00 Å². The van der Waals surface area contributed by atoms with Crippen molar-refractivity contribution < 1.29 is 9.69 Å². The minimum Gasteiger partial charge on any atom is -0.412 e. The molecular weight excluding hydrogens is 314 g/mol. The van der Waals surface area contributed by atoms with E-state index in [4.69, 9.17) is 0 Å². The number of anilines is 1. The Morgan fingerprint density at radius 2 is 2.00 bits per heavy atom. The van der Waals surface area contributed by atoms with E-state index in [1.807, 2.05) is 36.5 Å². The number of benzene rings is 1. The molecule has 0 saturated heterocycles. The summed E-state index contributed by atoms with van der Waals surface area (Å²) >= 11 is 0. The van der Waals surface area contributed by atoms with Crippen molar-refractivity contribution in [3.8, 4) is 11.1 Å². The van der Waals surface area contributed by atoms with E-state index >= 15 is 0 Å². The van der Waals surface area contributed by atoms with Crippen molar-refractivity contribution in [3.63, 3.8) is 0 Å². The fourth-order valence-electron chi connectivity index (χ4n) is 2.46. The highest BCUT2D eigenvalue weighted by molar-refractivity contribution is 7.85. The molecule has 0 saturated carbocycles. The Labute approximate surface area is 135 Å². The second kappa shape index (κ2) is 6.72. The van der Waals surface area contributed by atoms with Crippen LogP contribution in [-0.4, -0.2) is 25.5 Å². The van der Waals surface area contributed by atoms with Crippen molar-refractivity contribution in [3.05, 3.63) is 59.3 Å². The number of hydrogen-bond donors (Lipinski definition) is 1. The lowest BCUT2D eigenvalue weighted by Gasteiger charge is -2.11. The van der Waals surface area contributed by atoms with Gasteiger partial charge in [0.05, 0.1) is 5.39 Å². The molecular formula is C16H17N3O3S. The Kier molecular flexibility index (Phi) is 4.92. The fourth-order valence-corrected chi connectivity index (χ4v) is 2.92. The largest absolute Gasteiger partial charge is 0.412 e. The van der Waals surface area contributed by atoms with Crippen molar-refractivity contribution in [2.24, 2.45) is 7.05 Å². The van der Waals surface area contributed by atoms with Gasteiger partial charge in [0.15, 0.2) is 0 Å². The zero-order valence-corrected chi connectivity index (χ0v) is 13.6. The first-order chi connectivity index (χ1) is 10.6. The van der Waals surface area contributed by atoms with E-state index in [0.717, 1.165) is 22.2 Å². The van der Waals surface area contributed by atoms with Crippen molar-refractivity contribution in [1.82, 2.24) is 9.55 Å². The molecule has 1 atom stereocenters. The van der Waals surface area contributed by atoms with Gasteiger partial charge in [-0.05, 0) is 29.1 Å². The molecule has 0 fully saturated rings. The third-order valence-electron chi connectivity index (χ3n) is 3.42. The molecule has 0 aliphatic heterocycles. The molecule has 3 N–H and O–H groups in total. The van der Waals surface area contributed by atoms with Crippen molar-refractivity contribution in [2.45, 2.75) is 0 Å². The number of nitrogens with zero attached hydrogens (tertiary/aromatic N) is 2. The highest BCUT2D eigenvalue weighted by Crippen LogP contribution is 2.28. The number of nitrogens with one attached hydrogen (secondary N) is 1. The summed E-state index contributed by atoms with van der Waals surface area (Å²) in [6.07, 6.45) is 6.66. The SMILES string of the molecule is Cn1cc(-c2cccc(NS(C)=O)c2)c2ccncc2c1=O.O. The first-order valence-electron chi connectivity index (χ1n) is 6.70. The van der Waals surface area contributed by atoms with Crippen LogP contribution in [0.1, 0.15) is 0 Å². The molecule has 23 heavy (non-hydrogen) atoms. The van der Waals surface area contributed by atoms with Gasteiger partial charge in [-0.3, -0.25) is 9.78 Å². The van der Waals surface area contributed by atoms with Crippen LogP contribution in [0.2, 0.25) is 0 Å². The molecule has 0 amide bonds. The summed E-state index contributed by atoms with van der Waals surface area (Å²) in [6, 6.07) is 9.47. The lowest BCUT2D eigenvalue weighted by atomic mass is 10.0. The van der Waals surface area contributed by atoms with Crippen LogP contribution in [0.25, 0.3) is 21.9 Å². The molecule has 3 rings (SSSR count). The number of fused-ring (bicyclic) bond motifs is 1. The third-order valence-corrected chi connectivity index (χ3v) is 3.94. The molecule has 1 aromatic carbocycles. The molecule has 3 aromatic rings. The first-order valence-corrected chi connectivity index (χ1v) is 8.26. The molecule has 1 unspecified atom stereocenters. The van der Waals surface area contributed by atoms with Gasteiger partial charge in [-0.15, -0.1) is 0 Å². The first kappa shape index (κ1) is 16.9. The topological polar surface area (TPSA) is 95.5 Å². The van der Waals surface area contributed by atoms with E-state index in [1.54, 1.807) is 30.3 Å². The van der Waals surface area contributed by atoms with E-state index in [1.165, 1.54) is 0 Å². The van der Waals surface area contributed by atoms with Gasteiger partial charge in [0.1, 0.15) is 11.0 Å². The number of pyridine rings is 2. The zero-order chi connectivity index (χ0) is 15.7. The van der Waals surface area contributed by atoms with Gasteiger partial charge >= 0.3 is 0 Å². The molecule has 0 spiro atoms. The summed E-state index contributed by atoms with van der Waals surface area (Å²) in [6.45, 7) is 0. The van der Waals surface area contributed by atoms with Crippen LogP contribution >= 0.6 is 0 Å². The minimum absolute atomic E-state index is 0. The molecule has 0 bridgehead atoms. The number of rotatable bonds is 3. The lowest BCUT2D eigenvalue weighted by molar-refractivity contribution is 0.690. The van der Waals surface area contributed by atoms with Crippen LogP contribution in [0.15, 0.2) is 53.7 Å². The van der Waals surface area contributed by atoms with Gasteiger partial charge in [0.2, 0.25) is 0 Å². The van der Waals surface area contributed by atoms with Crippen molar-refractivity contribution in [1.29, 1.82) is 0 Å². The quantitative estimate of drug-likeness (QED) is 0.787. The van der Waals surface area contributed by atoms with E-state index in [0.29, 0.717) is 5.39 Å². The van der Waals surface area contributed by atoms with Gasteiger partial charge < -0.3 is 14.8 Å². The summed E-state index contributed by atoms with van der Waals surface area (Å²) in [5.41, 5.74) is 2.58. The minimum atomic E-state index is -1.13. The molecule has 7 heteroatoms. The van der Waals surface area contributed by atoms with E-state index in [2.05, 4.69) is 9.71 Å². The lowest BCUT2D eigenvalue weighted by Crippen LogP contribution is -2.16. The zero-order valence-electron chi connectivity index (χ0n) is 12.7. The maximum absolute atomic E-state index is 12.2. The molecule has 0 aliphatic rings. The predicted octanol–water partition coefficient (Wildman–Crippen LogP) is 1.48. The highest BCUT2D eigenvalue weighted by Gasteiger charge is 2.09. The smallest absolute Gasteiger partial charge is 0.259 e. The van der Waals surface area contributed by atoms with Gasteiger partial charge in [0.25, 0.3) is 5.56 Å². The Balaban J connectivity index is 0.00000192. The molecule has 6 nitrogen and oxygen atoms in total. The Hall–Kier alpha value is -2.51. The van der Waals surface area contributed by atoms with E-state index < -0.39 is 11.0 Å². The standard InChI is InChI=1S/C16H15N3O2S.H2O/c1-19-10-15(13-6-7-17-9-14(13)16(19)20)11-4-3-5-12(8-11)18-22(2)21;/h3-10,18H,1-2H3;1H2.